The molecule has 0 saturated heterocycles. The van der Waals surface area contributed by atoms with E-state index in [1.165, 1.54) is 11.3 Å². The number of nitrogens with zero attached hydrogens (tertiary/aromatic N) is 2. The van der Waals surface area contributed by atoms with E-state index in [1.807, 2.05) is 30.3 Å². The summed E-state index contributed by atoms with van der Waals surface area (Å²) in [5.74, 6) is -0.883. The van der Waals surface area contributed by atoms with Gasteiger partial charge in [0.2, 0.25) is 0 Å². The van der Waals surface area contributed by atoms with Gasteiger partial charge in [0.05, 0.1) is 17.8 Å². The van der Waals surface area contributed by atoms with Crippen molar-refractivity contribution in [2.75, 3.05) is 0 Å². The zero-order chi connectivity index (χ0) is 15.5. The first-order valence-corrected chi connectivity index (χ1v) is 7.72. The van der Waals surface area contributed by atoms with Crippen molar-refractivity contribution in [3.8, 4) is 22.0 Å². The Labute approximate surface area is 152 Å². The molecule has 23 heavy (non-hydrogen) atoms. The Morgan fingerprint density at radius 2 is 1.91 bits per heavy atom. The van der Waals surface area contributed by atoms with Crippen LogP contribution >= 0.6 is 39.9 Å². The average Bonchev–Trinajstić information content (AvgIpc) is 2.92. The van der Waals surface area contributed by atoms with E-state index in [1.54, 1.807) is 18.3 Å². The second kappa shape index (κ2) is 7.68. The van der Waals surface area contributed by atoms with Gasteiger partial charge in [-0.25, -0.2) is 4.98 Å². The Hall–Kier alpha value is -1.76. The normalized spacial score (nSPS) is 10.1. The molecule has 118 valence electrons. The molecular weight excluding hydrogens is 400 g/mol. The fraction of sp³-hybridized carbons (Fsp3) is 0.0625. The lowest BCUT2D eigenvalue weighted by molar-refractivity contribution is -0.136. The van der Waals surface area contributed by atoms with E-state index in [0.717, 1.165) is 11.3 Å². The third-order valence-electron chi connectivity index (χ3n) is 3.01. The first kappa shape index (κ1) is 17.6. The van der Waals surface area contributed by atoms with E-state index in [0.29, 0.717) is 20.6 Å². The summed E-state index contributed by atoms with van der Waals surface area (Å²) in [5.41, 5.74) is 2.25. The van der Waals surface area contributed by atoms with Crippen molar-refractivity contribution in [1.29, 1.82) is 0 Å². The van der Waals surface area contributed by atoms with Crippen molar-refractivity contribution in [3.05, 3.63) is 58.6 Å². The fourth-order valence-corrected chi connectivity index (χ4v) is 3.22. The molecular formula is C16H12BrClN2O2S. The number of pyridine rings is 1. The maximum atomic E-state index is 11.1. The van der Waals surface area contributed by atoms with E-state index in [-0.39, 0.29) is 23.4 Å². The van der Waals surface area contributed by atoms with Crippen molar-refractivity contribution in [2.45, 2.75) is 6.42 Å². The lowest BCUT2D eigenvalue weighted by Crippen LogP contribution is -1.99. The number of halogens is 2. The monoisotopic (exact) mass is 410 g/mol. The van der Waals surface area contributed by atoms with Crippen LogP contribution in [0.1, 0.15) is 4.88 Å². The number of carbonyl (C=O) groups is 1. The van der Waals surface area contributed by atoms with Gasteiger partial charge in [0.15, 0.2) is 0 Å². The minimum atomic E-state index is -0.883. The summed E-state index contributed by atoms with van der Waals surface area (Å²) in [5, 5.41) is 10.4. The lowest BCUT2D eigenvalue weighted by atomic mass is 10.1. The van der Waals surface area contributed by atoms with Crippen LogP contribution in [0.4, 0.5) is 0 Å². The Balaban J connectivity index is 0.00000192. The van der Waals surface area contributed by atoms with Crippen LogP contribution in [0.2, 0.25) is 5.02 Å². The molecule has 0 fully saturated rings. The van der Waals surface area contributed by atoms with Gasteiger partial charge in [-0.2, -0.15) is 0 Å². The lowest BCUT2D eigenvalue weighted by Gasteiger charge is -2.00. The molecule has 1 N–H and O–H groups in total. The summed E-state index contributed by atoms with van der Waals surface area (Å²) in [7, 11) is 0. The molecule has 0 atom stereocenters. The maximum Gasteiger partial charge on any atom is 0.308 e. The van der Waals surface area contributed by atoms with Crippen LogP contribution in [-0.4, -0.2) is 21.0 Å². The van der Waals surface area contributed by atoms with Crippen LogP contribution in [0, 0.1) is 0 Å². The number of rotatable bonds is 4. The smallest absolute Gasteiger partial charge is 0.308 e. The minimum Gasteiger partial charge on any atom is -0.481 e. The molecule has 0 amide bonds. The quantitative estimate of drug-likeness (QED) is 0.674. The molecule has 0 spiro atoms. The van der Waals surface area contributed by atoms with Crippen LogP contribution in [0.5, 0.6) is 0 Å². The van der Waals surface area contributed by atoms with E-state index in [9.17, 15) is 4.79 Å². The van der Waals surface area contributed by atoms with Gasteiger partial charge in [-0.15, -0.1) is 28.3 Å². The van der Waals surface area contributed by atoms with Crippen molar-refractivity contribution in [2.24, 2.45) is 0 Å². The number of aliphatic carboxylic acids is 1. The van der Waals surface area contributed by atoms with Gasteiger partial charge in [0.1, 0.15) is 5.01 Å². The SMILES string of the molecule is Br.O=C(O)Cc1sc(-c2ccccn2)nc1-c1ccc(Cl)cc1. The Kier molecular flexibility index (Phi) is 5.87. The van der Waals surface area contributed by atoms with E-state index < -0.39 is 5.97 Å². The molecule has 1 aromatic carbocycles. The predicted octanol–water partition coefficient (Wildman–Crippen LogP) is 4.73. The second-order valence-corrected chi connectivity index (χ2v) is 6.10. The number of aromatic nitrogens is 2. The summed E-state index contributed by atoms with van der Waals surface area (Å²) >= 11 is 7.25. The van der Waals surface area contributed by atoms with Crippen LogP contribution < -0.4 is 0 Å². The molecule has 4 nitrogen and oxygen atoms in total. The molecule has 0 bridgehead atoms. The van der Waals surface area contributed by atoms with E-state index in [2.05, 4.69) is 9.97 Å². The molecule has 3 aromatic rings. The van der Waals surface area contributed by atoms with Crippen molar-refractivity contribution >= 4 is 45.9 Å². The molecule has 7 heteroatoms. The van der Waals surface area contributed by atoms with Crippen LogP contribution in [0.3, 0.4) is 0 Å². The molecule has 0 aliphatic heterocycles. The highest BCUT2D eigenvalue weighted by atomic mass is 79.9. The van der Waals surface area contributed by atoms with Crippen LogP contribution in [-0.2, 0) is 11.2 Å². The van der Waals surface area contributed by atoms with Crippen molar-refractivity contribution in [1.82, 2.24) is 9.97 Å². The van der Waals surface area contributed by atoms with E-state index >= 15 is 0 Å². The molecule has 0 saturated carbocycles. The summed E-state index contributed by atoms with van der Waals surface area (Å²) in [6, 6.07) is 12.8. The number of benzene rings is 1. The topological polar surface area (TPSA) is 63.1 Å². The zero-order valence-electron chi connectivity index (χ0n) is 11.8. The van der Waals surface area contributed by atoms with Gasteiger partial charge in [-0.3, -0.25) is 9.78 Å². The first-order chi connectivity index (χ1) is 10.6. The van der Waals surface area contributed by atoms with Gasteiger partial charge in [-0.1, -0.05) is 29.8 Å². The average molecular weight is 412 g/mol. The molecule has 0 aliphatic rings. The Morgan fingerprint density at radius 1 is 1.17 bits per heavy atom. The summed E-state index contributed by atoms with van der Waals surface area (Å²) in [6.45, 7) is 0. The van der Waals surface area contributed by atoms with Crippen LogP contribution in [0.25, 0.3) is 22.0 Å². The fourth-order valence-electron chi connectivity index (χ4n) is 2.04. The summed E-state index contributed by atoms with van der Waals surface area (Å²) < 4.78 is 0. The highest BCUT2D eigenvalue weighted by molar-refractivity contribution is 8.93. The van der Waals surface area contributed by atoms with Gasteiger partial charge < -0.3 is 5.11 Å². The number of carboxylic acids is 1. The molecule has 0 radical (unpaired) electrons. The summed E-state index contributed by atoms with van der Waals surface area (Å²) in [4.78, 5) is 20.7. The molecule has 0 unspecified atom stereocenters. The molecule has 0 aliphatic carbocycles. The highest BCUT2D eigenvalue weighted by Crippen LogP contribution is 2.33. The third kappa shape index (κ3) is 4.16. The number of thiazole rings is 1. The van der Waals surface area contributed by atoms with Crippen LogP contribution in [0.15, 0.2) is 48.7 Å². The highest BCUT2D eigenvalue weighted by Gasteiger charge is 2.17. The summed E-state index contributed by atoms with van der Waals surface area (Å²) in [6.07, 6.45) is 1.62. The number of hydrogen-bond donors (Lipinski definition) is 1. The maximum absolute atomic E-state index is 11.1. The zero-order valence-corrected chi connectivity index (χ0v) is 15.1. The minimum absolute atomic E-state index is 0. The standard InChI is InChI=1S/C16H11ClN2O2S.BrH/c17-11-6-4-10(5-7-11)15-13(9-14(20)21)22-16(19-15)12-3-1-2-8-18-12;/h1-8H,9H2,(H,20,21);1H. The van der Waals surface area contributed by atoms with Gasteiger partial charge >= 0.3 is 5.97 Å². The van der Waals surface area contributed by atoms with Gasteiger partial charge in [0, 0.05) is 21.7 Å². The largest absolute Gasteiger partial charge is 0.481 e. The third-order valence-corrected chi connectivity index (χ3v) is 4.34. The van der Waals surface area contributed by atoms with Crippen molar-refractivity contribution < 1.29 is 9.90 Å². The Bertz CT molecular complexity index is 807. The second-order valence-electron chi connectivity index (χ2n) is 4.58. The molecule has 2 aromatic heterocycles. The number of carboxylic acid groups (broad SMARTS) is 1. The first-order valence-electron chi connectivity index (χ1n) is 6.52. The number of hydrogen-bond acceptors (Lipinski definition) is 4. The van der Waals surface area contributed by atoms with E-state index in [4.69, 9.17) is 16.7 Å². The van der Waals surface area contributed by atoms with Gasteiger partial charge in [-0.05, 0) is 24.3 Å². The molecule has 3 rings (SSSR count). The Morgan fingerprint density at radius 3 is 2.52 bits per heavy atom. The van der Waals surface area contributed by atoms with Crippen molar-refractivity contribution in [3.63, 3.8) is 0 Å². The molecule has 2 heterocycles. The predicted molar refractivity (Wildman–Crippen MR) is 97.5 cm³/mol. The van der Waals surface area contributed by atoms with Gasteiger partial charge in [0.25, 0.3) is 0 Å².